The molecule has 8 heteroatoms. The summed E-state index contributed by atoms with van der Waals surface area (Å²) in [6.07, 6.45) is 0.898. The number of amides is 1. The van der Waals surface area contributed by atoms with Crippen molar-refractivity contribution in [1.82, 2.24) is 15.0 Å². The van der Waals surface area contributed by atoms with Crippen LogP contribution < -0.4 is 5.56 Å². The maximum atomic E-state index is 12.5. The van der Waals surface area contributed by atoms with Gasteiger partial charge in [0.1, 0.15) is 0 Å². The molecule has 0 unspecified atom stereocenters. The number of H-pyrrole nitrogens is 1. The number of aromatic amines is 1. The molecule has 0 radical (unpaired) electrons. The van der Waals surface area contributed by atoms with Crippen LogP contribution in [-0.4, -0.2) is 78.5 Å². The summed E-state index contributed by atoms with van der Waals surface area (Å²) in [6.45, 7) is 5.34. The fourth-order valence-electron chi connectivity index (χ4n) is 3.44. The molecule has 2 N–H and O–H groups in total. The van der Waals surface area contributed by atoms with Crippen molar-refractivity contribution in [3.8, 4) is 0 Å². The van der Waals surface area contributed by atoms with E-state index in [1.54, 1.807) is 4.90 Å². The molecule has 3 heterocycles. The lowest BCUT2D eigenvalue weighted by atomic mass is 9.89. The Morgan fingerprint density at radius 2 is 2.04 bits per heavy atom. The Bertz CT molecular complexity index is 578. The molecule has 2 saturated heterocycles. The summed E-state index contributed by atoms with van der Waals surface area (Å²) in [6, 6.07) is 1.17. The van der Waals surface area contributed by atoms with E-state index in [4.69, 9.17) is 9.26 Å². The molecule has 2 atom stereocenters. The van der Waals surface area contributed by atoms with E-state index in [9.17, 15) is 14.7 Å². The number of piperidine rings is 1. The molecule has 2 aliphatic heterocycles. The van der Waals surface area contributed by atoms with Gasteiger partial charge in [0.2, 0.25) is 5.76 Å². The van der Waals surface area contributed by atoms with Gasteiger partial charge in [0.25, 0.3) is 11.5 Å². The van der Waals surface area contributed by atoms with Crippen molar-refractivity contribution in [2.24, 2.45) is 11.8 Å². The van der Waals surface area contributed by atoms with Gasteiger partial charge in [0.05, 0.1) is 19.3 Å². The molecule has 1 aromatic rings. The van der Waals surface area contributed by atoms with E-state index in [1.165, 1.54) is 6.07 Å². The minimum atomic E-state index is -0.422. The number of rotatable bonds is 4. The third kappa shape index (κ3) is 4.01. The molecular formula is C15H23N3O5. The Labute approximate surface area is 134 Å². The number of carbonyl (C=O) groups excluding carboxylic acids is 1. The van der Waals surface area contributed by atoms with E-state index in [0.717, 1.165) is 39.3 Å². The van der Waals surface area contributed by atoms with E-state index in [0.29, 0.717) is 19.0 Å². The smallest absolute Gasteiger partial charge is 0.292 e. The standard InChI is InChI=1S/C15H23N3O5/c19-10-12-5-11(7-17-1-3-22-4-2-17)8-18(9-12)15(21)13-6-14(20)16-23-13/h6,11-12,19H,1-5,7-10H2,(H,16,20)/t11-,12+/m1/s1. The predicted molar refractivity (Wildman–Crippen MR) is 81.2 cm³/mol. The zero-order valence-corrected chi connectivity index (χ0v) is 13.1. The highest BCUT2D eigenvalue weighted by atomic mass is 16.5. The summed E-state index contributed by atoms with van der Waals surface area (Å²) in [5.41, 5.74) is -0.422. The normalized spacial score (nSPS) is 26.4. The van der Waals surface area contributed by atoms with Gasteiger partial charge in [0.15, 0.2) is 0 Å². The fourth-order valence-corrected chi connectivity index (χ4v) is 3.44. The number of morpholine rings is 1. The fraction of sp³-hybridized carbons (Fsp3) is 0.733. The predicted octanol–water partition coefficient (Wildman–Crippen LogP) is -0.629. The van der Waals surface area contributed by atoms with Crippen molar-refractivity contribution in [2.75, 3.05) is 52.5 Å². The van der Waals surface area contributed by atoms with Crippen LogP contribution in [0.4, 0.5) is 0 Å². The highest BCUT2D eigenvalue weighted by Crippen LogP contribution is 2.24. The first-order valence-corrected chi connectivity index (χ1v) is 8.04. The molecule has 1 aromatic heterocycles. The van der Waals surface area contributed by atoms with Gasteiger partial charge in [-0.15, -0.1) is 0 Å². The molecule has 2 aliphatic rings. The zero-order valence-electron chi connectivity index (χ0n) is 13.1. The molecule has 8 nitrogen and oxygen atoms in total. The molecule has 1 amide bonds. The van der Waals surface area contributed by atoms with E-state index >= 15 is 0 Å². The third-order valence-electron chi connectivity index (χ3n) is 4.52. The van der Waals surface area contributed by atoms with Gasteiger partial charge in [-0.1, -0.05) is 0 Å². The van der Waals surface area contributed by atoms with Gasteiger partial charge < -0.3 is 19.3 Å². The molecule has 2 fully saturated rings. The van der Waals surface area contributed by atoms with Crippen LogP contribution in [0.2, 0.25) is 0 Å². The second kappa shape index (κ2) is 7.29. The number of aliphatic hydroxyl groups is 1. The monoisotopic (exact) mass is 325 g/mol. The summed E-state index contributed by atoms with van der Waals surface area (Å²) in [7, 11) is 0. The highest BCUT2D eigenvalue weighted by molar-refractivity contribution is 5.91. The summed E-state index contributed by atoms with van der Waals surface area (Å²) >= 11 is 0. The highest BCUT2D eigenvalue weighted by Gasteiger charge is 2.32. The SMILES string of the molecule is O=C(c1cc(=O)[nH]o1)N1C[C@@H](CN2CCOCC2)C[C@H](CO)C1. The van der Waals surface area contributed by atoms with Crippen molar-refractivity contribution >= 4 is 5.91 Å². The lowest BCUT2D eigenvalue weighted by Crippen LogP contribution is -2.49. The molecule has 0 aromatic carbocycles. The van der Waals surface area contributed by atoms with Crippen LogP contribution in [0.25, 0.3) is 0 Å². The van der Waals surface area contributed by atoms with Gasteiger partial charge in [-0.3, -0.25) is 14.5 Å². The van der Waals surface area contributed by atoms with Gasteiger partial charge in [-0.05, 0) is 18.3 Å². The van der Waals surface area contributed by atoms with Gasteiger partial charge >= 0.3 is 0 Å². The quantitative estimate of drug-likeness (QED) is 0.765. The van der Waals surface area contributed by atoms with Crippen LogP contribution in [0.3, 0.4) is 0 Å². The number of aromatic nitrogens is 1. The van der Waals surface area contributed by atoms with Crippen molar-refractivity contribution in [3.63, 3.8) is 0 Å². The van der Waals surface area contributed by atoms with E-state index in [-0.39, 0.29) is 24.2 Å². The minimum Gasteiger partial charge on any atom is -0.396 e. The van der Waals surface area contributed by atoms with Crippen molar-refractivity contribution in [1.29, 1.82) is 0 Å². The maximum absolute atomic E-state index is 12.5. The Kier molecular flexibility index (Phi) is 5.14. The van der Waals surface area contributed by atoms with Crippen LogP contribution in [0.5, 0.6) is 0 Å². The maximum Gasteiger partial charge on any atom is 0.292 e. The molecule has 128 valence electrons. The third-order valence-corrected chi connectivity index (χ3v) is 4.52. The largest absolute Gasteiger partial charge is 0.396 e. The van der Waals surface area contributed by atoms with Crippen LogP contribution >= 0.6 is 0 Å². The number of aliphatic hydroxyl groups excluding tert-OH is 1. The number of hydrogen-bond donors (Lipinski definition) is 2. The van der Waals surface area contributed by atoms with Crippen LogP contribution in [-0.2, 0) is 4.74 Å². The lowest BCUT2D eigenvalue weighted by Gasteiger charge is -2.39. The minimum absolute atomic E-state index is 0.0266. The number of carbonyl (C=O) groups is 1. The van der Waals surface area contributed by atoms with E-state index < -0.39 is 5.56 Å². The second-order valence-electron chi connectivity index (χ2n) is 6.35. The summed E-state index contributed by atoms with van der Waals surface area (Å²) in [5, 5.41) is 11.7. The number of ether oxygens (including phenoxy) is 1. The lowest BCUT2D eigenvalue weighted by molar-refractivity contribution is 0.0122. The van der Waals surface area contributed by atoms with Crippen LogP contribution in [0, 0.1) is 11.8 Å². The van der Waals surface area contributed by atoms with Crippen LogP contribution in [0.1, 0.15) is 17.0 Å². The Balaban J connectivity index is 1.65. The second-order valence-corrected chi connectivity index (χ2v) is 6.35. The first kappa shape index (κ1) is 16.2. The van der Waals surface area contributed by atoms with Gasteiger partial charge in [-0.2, -0.15) is 5.16 Å². The number of likely N-dealkylation sites (tertiary alicyclic amines) is 1. The first-order valence-electron chi connectivity index (χ1n) is 8.04. The topological polar surface area (TPSA) is 99.0 Å². The molecule has 0 saturated carbocycles. The van der Waals surface area contributed by atoms with Crippen molar-refractivity contribution < 1.29 is 19.2 Å². The molecule has 3 rings (SSSR count). The van der Waals surface area contributed by atoms with Crippen molar-refractivity contribution in [2.45, 2.75) is 6.42 Å². The van der Waals surface area contributed by atoms with Crippen LogP contribution in [0.15, 0.2) is 15.4 Å². The Hall–Kier alpha value is -1.64. The van der Waals surface area contributed by atoms with E-state index in [1.807, 2.05) is 0 Å². The van der Waals surface area contributed by atoms with Gasteiger partial charge in [-0.25, -0.2) is 0 Å². The Morgan fingerprint density at radius 3 is 2.70 bits per heavy atom. The first-order chi connectivity index (χ1) is 11.2. The summed E-state index contributed by atoms with van der Waals surface area (Å²) in [5.74, 6) is 0.0882. The summed E-state index contributed by atoms with van der Waals surface area (Å²) < 4.78 is 10.3. The van der Waals surface area contributed by atoms with Crippen molar-refractivity contribution in [3.05, 3.63) is 22.2 Å². The molecule has 0 aliphatic carbocycles. The van der Waals surface area contributed by atoms with E-state index in [2.05, 4.69) is 10.1 Å². The average Bonchev–Trinajstić information content (AvgIpc) is 3.01. The molecular weight excluding hydrogens is 302 g/mol. The molecule has 0 spiro atoms. The molecule has 0 bridgehead atoms. The number of nitrogens with zero attached hydrogens (tertiary/aromatic N) is 2. The molecule has 23 heavy (non-hydrogen) atoms. The number of hydrogen-bond acceptors (Lipinski definition) is 6. The summed E-state index contributed by atoms with van der Waals surface area (Å²) in [4.78, 5) is 27.6. The van der Waals surface area contributed by atoms with Gasteiger partial charge in [0, 0.05) is 39.3 Å². The zero-order chi connectivity index (χ0) is 16.2. The number of nitrogens with one attached hydrogen (secondary N) is 1. The average molecular weight is 325 g/mol. The Morgan fingerprint density at radius 1 is 1.30 bits per heavy atom.